The molecule has 0 aliphatic rings. The van der Waals surface area contributed by atoms with Crippen LogP contribution in [0, 0.1) is 0 Å². The smallest absolute Gasteiger partial charge is 0.122 e. The minimum Gasteiger partial charge on any atom is -0.246 e. The summed E-state index contributed by atoms with van der Waals surface area (Å²) in [5.41, 5.74) is 1.58. The fourth-order valence-electron chi connectivity index (χ4n) is 1.20. The first-order valence-corrected chi connectivity index (χ1v) is 5.56. The topological polar surface area (TPSA) is 0 Å². The predicted octanol–water partition coefficient (Wildman–Crippen LogP) is 5.23. The lowest BCUT2D eigenvalue weighted by atomic mass is 10.0. The maximum absolute atomic E-state index is 13.1. The summed E-state index contributed by atoms with van der Waals surface area (Å²) in [4.78, 5) is 0. The number of halogens is 3. The molecule has 0 aromatic heterocycles. The zero-order chi connectivity index (χ0) is 12.6. The van der Waals surface area contributed by atoms with E-state index in [-0.39, 0.29) is 0 Å². The van der Waals surface area contributed by atoms with Gasteiger partial charge in [-0.2, -0.15) is 0 Å². The van der Waals surface area contributed by atoms with Gasteiger partial charge < -0.3 is 0 Å². The molecule has 0 aliphatic carbocycles. The Morgan fingerprint density at radius 3 is 2.44 bits per heavy atom. The lowest BCUT2D eigenvalue weighted by molar-refractivity contribution is 0.547. The predicted molar refractivity (Wildman–Crippen MR) is 66.9 cm³/mol. The van der Waals surface area contributed by atoms with Crippen LogP contribution in [0.5, 0.6) is 0 Å². The maximum atomic E-state index is 13.1. The second kappa shape index (κ2) is 8.28. The van der Waals surface area contributed by atoms with Crippen molar-refractivity contribution >= 4 is 11.6 Å². The Hall–Kier alpha value is -0.890. The Kier molecular flexibility index (Phi) is 7.82. The Labute approximate surface area is 101 Å². The molecule has 0 nitrogen and oxygen atoms in total. The fourth-order valence-corrected chi connectivity index (χ4v) is 1.45. The highest BCUT2D eigenvalue weighted by Gasteiger charge is 2.03. The van der Waals surface area contributed by atoms with E-state index < -0.39 is 12.5 Å². The van der Waals surface area contributed by atoms with Gasteiger partial charge in [-0.1, -0.05) is 24.6 Å². The summed E-state index contributed by atoms with van der Waals surface area (Å²) in [5, 5.41) is 0.573. The van der Waals surface area contributed by atoms with E-state index >= 15 is 0 Å². The Morgan fingerprint density at radius 2 is 2.00 bits per heavy atom. The third kappa shape index (κ3) is 5.26. The first-order chi connectivity index (χ1) is 7.56. The summed E-state index contributed by atoms with van der Waals surface area (Å²) in [6, 6.07) is 0. The second-order valence-electron chi connectivity index (χ2n) is 3.24. The molecule has 0 aromatic carbocycles. The number of hydrogen-bond acceptors (Lipinski definition) is 0. The van der Waals surface area contributed by atoms with E-state index in [0.717, 1.165) is 17.2 Å². The highest BCUT2D eigenvalue weighted by atomic mass is 35.5. The van der Waals surface area contributed by atoms with E-state index in [1.54, 1.807) is 6.08 Å². The fraction of sp³-hybridized carbons (Fsp3) is 0.385. The minimum absolute atomic E-state index is 0.566. The van der Waals surface area contributed by atoms with Crippen molar-refractivity contribution in [2.75, 3.05) is 6.67 Å². The van der Waals surface area contributed by atoms with Gasteiger partial charge in [0.2, 0.25) is 0 Å². The molecule has 0 saturated heterocycles. The van der Waals surface area contributed by atoms with E-state index in [0.29, 0.717) is 11.5 Å². The standard InChI is InChI=1S/C13H17ClF2/c1-4-6-13(14)10(3)11(5-2)9-12(16)7-8-15/h4,6-7,9H,5,8H2,1-3H3/b6-4-,11-9+,12-7+,13-10-. The summed E-state index contributed by atoms with van der Waals surface area (Å²) in [7, 11) is 0. The molecule has 0 amide bonds. The van der Waals surface area contributed by atoms with E-state index in [4.69, 9.17) is 11.6 Å². The van der Waals surface area contributed by atoms with Crippen molar-refractivity contribution in [3.8, 4) is 0 Å². The molecule has 0 heterocycles. The van der Waals surface area contributed by atoms with Crippen molar-refractivity contribution in [2.45, 2.75) is 27.2 Å². The molecule has 0 saturated carbocycles. The average molecular weight is 247 g/mol. The minimum atomic E-state index is -0.801. The van der Waals surface area contributed by atoms with Crippen molar-refractivity contribution < 1.29 is 8.78 Å². The normalized spacial score (nSPS) is 15.6. The van der Waals surface area contributed by atoms with Gasteiger partial charge in [0.1, 0.15) is 12.5 Å². The van der Waals surface area contributed by atoms with Crippen LogP contribution in [0.25, 0.3) is 0 Å². The Bertz CT molecular complexity index is 336. The summed E-state index contributed by atoms with van der Waals surface area (Å²) in [5.74, 6) is -0.566. The number of allylic oxidation sites excluding steroid dienone is 8. The third-order valence-corrected chi connectivity index (χ3v) is 2.53. The van der Waals surface area contributed by atoms with Crippen molar-refractivity contribution in [1.29, 1.82) is 0 Å². The molecule has 90 valence electrons. The summed E-state index contributed by atoms with van der Waals surface area (Å²) < 4.78 is 25.0. The van der Waals surface area contributed by atoms with Crippen LogP contribution in [0.1, 0.15) is 27.2 Å². The molecule has 0 N–H and O–H groups in total. The van der Waals surface area contributed by atoms with Crippen molar-refractivity contribution in [1.82, 2.24) is 0 Å². The van der Waals surface area contributed by atoms with Crippen LogP contribution in [0.15, 0.2) is 46.3 Å². The molecule has 0 unspecified atom stereocenters. The molecule has 0 atom stereocenters. The molecule has 0 aliphatic heterocycles. The zero-order valence-electron chi connectivity index (χ0n) is 9.86. The molecular formula is C13H17ClF2. The highest BCUT2D eigenvalue weighted by molar-refractivity contribution is 6.31. The molecule has 0 aromatic rings. The Morgan fingerprint density at radius 1 is 1.38 bits per heavy atom. The van der Waals surface area contributed by atoms with Gasteiger partial charge >= 0.3 is 0 Å². The second-order valence-corrected chi connectivity index (χ2v) is 3.65. The first-order valence-electron chi connectivity index (χ1n) is 5.18. The quantitative estimate of drug-likeness (QED) is 0.583. The van der Waals surface area contributed by atoms with Gasteiger partial charge in [-0.3, -0.25) is 0 Å². The number of alkyl halides is 1. The van der Waals surface area contributed by atoms with Crippen LogP contribution in [-0.2, 0) is 0 Å². The Balaban J connectivity index is 5.15. The van der Waals surface area contributed by atoms with Crippen molar-refractivity contribution in [3.63, 3.8) is 0 Å². The van der Waals surface area contributed by atoms with Gasteiger partial charge in [-0.05, 0) is 49.6 Å². The van der Waals surface area contributed by atoms with Gasteiger partial charge in [0.25, 0.3) is 0 Å². The van der Waals surface area contributed by atoms with E-state index in [1.807, 2.05) is 26.8 Å². The largest absolute Gasteiger partial charge is 0.246 e. The third-order valence-electron chi connectivity index (χ3n) is 2.12. The van der Waals surface area contributed by atoms with E-state index in [1.165, 1.54) is 6.08 Å². The number of hydrogen-bond donors (Lipinski definition) is 0. The van der Waals surface area contributed by atoms with Crippen molar-refractivity contribution in [2.24, 2.45) is 0 Å². The SMILES string of the molecule is C\C=C/C(Cl)=C(C)/C(=C/C(F)=C\CF)CC. The molecule has 0 bridgehead atoms. The van der Waals surface area contributed by atoms with Crippen molar-refractivity contribution in [3.05, 3.63) is 46.3 Å². The zero-order valence-corrected chi connectivity index (χ0v) is 10.6. The number of rotatable bonds is 5. The van der Waals surface area contributed by atoms with Crippen LogP contribution >= 0.6 is 11.6 Å². The average Bonchev–Trinajstić information content (AvgIpc) is 2.25. The van der Waals surface area contributed by atoms with E-state index in [9.17, 15) is 8.78 Å². The molecule has 16 heavy (non-hydrogen) atoms. The summed E-state index contributed by atoms with van der Waals surface area (Å²) >= 11 is 6.00. The summed E-state index contributed by atoms with van der Waals surface area (Å²) in [6.07, 6.45) is 6.42. The van der Waals surface area contributed by atoms with Crippen LogP contribution < -0.4 is 0 Å². The van der Waals surface area contributed by atoms with Gasteiger partial charge in [0.15, 0.2) is 0 Å². The molecule has 0 radical (unpaired) electrons. The highest BCUT2D eigenvalue weighted by Crippen LogP contribution is 2.23. The van der Waals surface area contributed by atoms with Gasteiger partial charge in [0.05, 0.1) is 0 Å². The van der Waals surface area contributed by atoms with Crippen LogP contribution in [0.3, 0.4) is 0 Å². The molecule has 0 rings (SSSR count). The van der Waals surface area contributed by atoms with Crippen LogP contribution in [0.4, 0.5) is 8.78 Å². The maximum Gasteiger partial charge on any atom is 0.122 e. The molecule has 0 spiro atoms. The van der Waals surface area contributed by atoms with Gasteiger partial charge in [0, 0.05) is 5.03 Å². The molecular weight excluding hydrogens is 230 g/mol. The molecule has 0 fully saturated rings. The van der Waals surface area contributed by atoms with E-state index in [2.05, 4.69) is 0 Å². The van der Waals surface area contributed by atoms with Crippen LogP contribution in [0.2, 0.25) is 0 Å². The summed E-state index contributed by atoms with van der Waals surface area (Å²) in [6.45, 7) is 4.78. The lowest BCUT2D eigenvalue weighted by Crippen LogP contribution is -1.87. The van der Waals surface area contributed by atoms with Gasteiger partial charge in [-0.25, -0.2) is 8.78 Å². The van der Waals surface area contributed by atoms with Gasteiger partial charge in [-0.15, -0.1) is 0 Å². The molecule has 3 heteroatoms. The van der Waals surface area contributed by atoms with Crippen LogP contribution in [-0.4, -0.2) is 6.67 Å². The first kappa shape index (κ1) is 15.1. The lowest BCUT2D eigenvalue weighted by Gasteiger charge is -2.06. The monoisotopic (exact) mass is 246 g/mol.